The second-order valence-electron chi connectivity index (χ2n) is 5.50. The summed E-state index contributed by atoms with van der Waals surface area (Å²) in [5, 5.41) is 0.301. The van der Waals surface area contributed by atoms with Crippen LogP contribution >= 0.6 is 11.6 Å². The molecule has 86 valence electrons. The third kappa shape index (κ3) is 1.86. The Balaban J connectivity index is 1.68. The number of pyridine rings is 1. The van der Waals surface area contributed by atoms with E-state index in [4.69, 9.17) is 11.6 Å². The summed E-state index contributed by atoms with van der Waals surface area (Å²) in [4.78, 5) is 4.06. The second kappa shape index (κ2) is 4.03. The SMILES string of the molecule is CC(c1ccncc1)C(Cl)C1CC2CC2C1. The van der Waals surface area contributed by atoms with Crippen LogP contribution in [0.2, 0.25) is 0 Å². The van der Waals surface area contributed by atoms with Crippen LogP contribution in [0.25, 0.3) is 0 Å². The van der Waals surface area contributed by atoms with Crippen molar-refractivity contribution < 1.29 is 0 Å². The van der Waals surface area contributed by atoms with Crippen LogP contribution in [0.4, 0.5) is 0 Å². The van der Waals surface area contributed by atoms with Gasteiger partial charge < -0.3 is 0 Å². The molecule has 0 N–H and O–H groups in total. The molecule has 0 radical (unpaired) electrons. The first-order valence-corrected chi connectivity index (χ1v) is 6.73. The van der Waals surface area contributed by atoms with Crippen molar-refractivity contribution in [3.63, 3.8) is 0 Å². The van der Waals surface area contributed by atoms with Gasteiger partial charge in [-0.25, -0.2) is 0 Å². The van der Waals surface area contributed by atoms with Gasteiger partial charge in [0.15, 0.2) is 0 Å². The lowest BCUT2D eigenvalue weighted by Crippen LogP contribution is -2.20. The highest BCUT2D eigenvalue weighted by Gasteiger charge is 2.48. The molecular formula is C14H18ClN. The molecule has 2 aliphatic carbocycles. The monoisotopic (exact) mass is 235 g/mol. The maximum atomic E-state index is 6.64. The number of nitrogens with zero attached hydrogens (tertiary/aromatic N) is 1. The molecule has 2 aliphatic rings. The third-order valence-electron chi connectivity index (χ3n) is 4.44. The van der Waals surface area contributed by atoms with Crippen LogP contribution in [0, 0.1) is 17.8 Å². The molecule has 2 fully saturated rings. The van der Waals surface area contributed by atoms with Crippen LogP contribution in [-0.4, -0.2) is 10.4 Å². The van der Waals surface area contributed by atoms with Gasteiger partial charge in [-0.05, 0) is 60.6 Å². The smallest absolute Gasteiger partial charge is 0.0430 e. The zero-order chi connectivity index (χ0) is 11.1. The van der Waals surface area contributed by atoms with Crippen molar-refractivity contribution in [1.29, 1.82) is 0 Å². The van der Waals surface area contributed by atoms with E-state index in [-0.39, 0.29) is 0 Å². The number of aromatic nitrogens is 1. The van der Waals surface area contributed by atoms with Crippen LogP contribution in [0.1, 0.15) is 37.7 Å². The molecule has 4 atom stereocenters. The van der Waals surface area contributed by atoms with E-state index < -0.39 is 0 Å². The third-order valence-corrected chi connectivity index (χ3v) is 5.17. The Morgan fingerprint density at radius 1 is 1.19 bits per heavy atom. The van der Waals surface area contributed by atoms with E-state index >= 15 is 0 Å². The van der Waals surface area contributed by atoms with Crippen LogP contribution in [-0.2, 0) is 0 Å². The highest BCUT2D eigenvalue weighted by Crippen LogP contribution is 2.56. The first kappa shape index (κ1) is 10.6. The predicted octanol–water partition coefficient (Wildman–Crippen LogP) is 3.84. The lowest BCUT2D eigenvalue weighted by Gasteiger charge is -2.25. The van der Waals surface area contributed by atoms with Crippen molar-refractivity contribution in [3.8, 4) is 0 Å². The van der Waals surface area contributed by atoms with E-state index in [0.29, 0.717) is 11.3 Å². The number of alkyl halides is 1. The fourth-order valence-corrected chi connectivity index (χ4v) is 3.63. The van der Waals surface area contributed by atoms with Crippen LogP contribution in [0.15, 0.2) is 24.5 Å². The normalized spacial score (nSPS) is 35.5. The van der Waals surface area contributed by atoms with Gasteiger partial charge in [-0.2, -0.15) is 0 Å². The van der Waals surface area contributed by atoms with Crippen LogP contribution in [0.3, 0.4) is 0 Å². The molecule has 16 heavy (non-hydrogen) atoms. The zero-order valence-electron chi connectivity index (χ0n) is 9.64. The first-order chi connectivity index (χ1) is 7.75. The molecule has 4 unspecified atom stereocenters. The largest absolute Gasteiger partial charge is 0.265 e. The van der Waals surface area contributed by atoms with Crippen LogP contribution in [0.5, 0.6) is 0 Å². The number of rotatable bonds is 3. The molecule has 1 heterocycles. The number of fused-ring (bicyclic) bond motifs is 1. The maximum absolute atomic E-state index is 6.64. The number of hydrogen-bond acceptors (Lipinski definition) is 1. The molecule has 2 saturated carbocycles. The Morgan fingerprint density at radius 3 is 2.44 bits per heavy atom. The summed E-state index contributed by atoms with van der Waals surface area (Å²) < 4.78 is 0. The van der Waals surface area contributed by atoms with Gasteiger partial charge in [0.25, 0.3) is 0 Å². The Hall–Kier alpha value is -0.560. The van der Waals surface area contributed by atoms with Gasteiger partial charge in [0.05, 0.1) is 0 Å². The molecule has 1 nitrogen and oxygen atoms in total. The lowest BCUT2D eigenvalue weighted by atomic mass is 9.87. The molecule has 0 saturated heterocycles. The van der Waals surface area contributed by atoms with E-state index in [2.05, 4.69) is 24.0 Å². The molecule has 0 aromatic carbocycles. The summed E-state index contributed by atoms with van der Waals surface area (Å²) >= 11 is 6.64. The summed E-state index contributed by atoms with van der Waals surface area (Å²) in [5.41, 5.74) is 1.33. The zero-order valence-corrected chi connectivity index (χ0v) is 10.4. The lowest BCUT2D eigenvalue weighted by molar-refractivity contribution is 0.428. The molecule has 2 heteroatoms. The molecule has 0 spiro atoms. The Kier molecular flexibility index (Phi) is 2.67. The summed E-state index contributed by atoms with van der Waals surface area (Å²) in [7, 11) is 0. The van der Waals surface area contributed by atoms with Gasteiger partial charge >= 0.3 is 0 Å². The maximum Gasteiger partial charge on any atom is 0.0430 e. The number of halogens is 1. The highest BCUT2D eigenvalue weighted by molar-refractivity contribution is 6.21. The first-order valence-electron chi connectivity index (χ1n) is 6.29. The number of hydrogen-bond donors (Lipinski definition) is 0. The summed E-state index contributed by atoms with van der Waals surface area (Å²) in [6, 6.07) is 4.19. The van der Waals surface area contributed by atoms with Gasteiger partial charge in [-0.15, -0.1) is 11.6 Å². The minimum atomic E-state index is 0.301. The molecule has 0 bridgehead atoms. The average Bonchev–Trinajstić information content (AvgIpc) is 2.95. The fraction of sp³-hybridized carbons (Fsp3) is 0.643. The minimum absolute atomic E-state index is 0.301. The summed E-state index contributed by atoms with van der Waals surface area (Å²) in [5.74, 6) is 3.24. The van der Waals surface area contributed by atoms with Crippen molar-refractivity contribution in [2.75, 3.05) is 0 Å². The van der Waals surface area contributed by atoms with Gasteiger partial charge in [0.2, 0.25) is 0 Å². The van der Waals surface area contributed by atoms with Gasteiger partial charge in [0.1, 0.15) is 0 Å². The minimum Gasteiger partial charge on any atom is -0.265 e. The van der Waals surface area contributed by atoms with Crippen molar-refractivity contribution in [1.82, 2.24) is 4.98 Å². The average molecular weight is 236 g/mol. The molecular weight excluding hydrogens is 218 g/mol. The van der Waals surface area contributed by atoms with E-state index in [1.807, 2.05) is 12.4 Å². The second-order valence-corrected chi connectivity index (χ2v) is 6.00. The van der Waals surface area contributed by atoms with Crippen molar-refractivity contribution in [2.24, 2.45) is 17.8 Å². The van der Waals surface area contributed by atoms with E-state index in [0.717, 1.165) is 17.8 Å². The molecule has 0 amide bonds. The quantitative estimate of drug-likeness (QED) is 0.726. The van der Waals surface area contributed by atoms with Crippen molar-refractivity contribution in [3.05, 3.63) is 30.1 Å². The molecule has 3 rings (SSSR count). The van der Waals surface area contributed by atoms with Crippen molar-refractivity contribution in [2.45, 2.75) is 37.5 Å². The summed E-state index contributed by atoms with van der Waals surface area (Å²) in [6.07, 6.45) is 7.94. The standard InChI is InChI=1S/C14H18ClN/c1-9(10-2-4-16-5-3-10)14(15)13-7-11-6-12(11)8-13/h2-5,9,11-14H,6-8H2,1H3. The Morgan fingerprint density at radius 2 is 1.81 bits per heavy atom. The van der Waals surface area contributed by atoms with Gasteiger partial charge in [-0.3, -0.25) is 4.98 Å². The molecule has 0 aliphatic heterocycles. The van der Waals surface area contributed by atoms with Crippen molar-refractivity contribution >= 4 is 11.6 Å². The van der Waals surface area contributed by atoms with E-state index in [9.17, 15) is 0 Å². The Labute approximate surface area is 102 Å². The van der Waals surface area contributed by atoms with Crippen LogP contribution < -0.4 is 0 Å². The van der Waals surface area contributed by atoms with Gasteiger partial charge in [0, 0.05) is 17.8 Å². The summed E-state index contributed by atoms with van der Waals surface area (Å²) in [6.45, 7) is 2.25. The van der Waals surface area contributed by atoms with Gasteiger partial charge in [-0.1, -0.05) is 6.92 Å². The highest BCUT2D eigenvalue weighted by atomic mass is 35.5. The van der Waals surface area contributed by atoms with E-state index in [1.165, 1.54) is 24.8 Å². The van der Waals surface area contributed by atoms with E-state index in [1.54, 1.807) is 0 Å². The fourth-order valence-electron chi connectivity index (χ4n) is 3.28. The molecule has 1 aromatic heterocycles. The predicted molar refractivity (Wildman–Crippen MR) is 66.6 cm³/mol. The molecule has 1 aromatic rings. The topological polar surface area (TPSA) is 12.9 Å². The Bertz CT molecular complexity index is 354.